The van der Waals surface area contributed by atoms with Crippen molar-refractivity contribution in [3.8, 4) is 11.5 Å². The molecule has 5 rings (SSSR count). The first-order valence-corrected chi connectivity index (χ1v) is 12.4. The van der Waals surface area contributed by atoms with Crippen LogP contribution in [-0.2, 0) is 24.4 Å². The molecule has 0 bridgehead atoms. The summed E-state index contributed by atoms with van der Waals surface area (Å²) in [4.78, 5) is 21.5. The lowest BCUT2D eigenvalue weighted by molar-refractivity contribution is 0.0383. The number of nitrogens with one attached hydrogen (secondary N) is 1. The van der Waals surface area contributed by atoms with Crippen LogP contribution in [0.1, 0.15) is 27.5 Å². The fourth-order valence-electron chi connectivity index (χ4n) is 4.25. The number of carbonyl (C=O) groups is 1. The van der Waals surface area contributed by atoms with Gasteiger partial charge in [-0.2, -0.15) is 0 Å². The van der Waals surface area contributed by atoms with Crippen LogP contribution in [0.4, 0.5) is 0 Å². The molecule has 0 spiro atoms. The molecule has 0 aliphatic carbocycles. The zero-order chi connectivity index (χ0) is 24.7. The Balaban J connectivity index is 1.23. The summed E-state index contributed by atoms with van der Waals surface area (Å²) in [6.07, 6.45) is 1.41. The van der Waals surface area contributed by atoms with Gasteiger partial charge < -0.3 is 23.9 Å². The van der Waals surface area contributed by atoms with Crippen LogP contribution in [0.2, 0.25) is 5.02 Å². The molecule has 0 atom stereocenters. The van der Waals surface area contributed by atoms with Gasteiger partial charge >= 0.3 is 0 Å². The summed E-state index contributed by atoms with van der Waals surface area (Å²) in [6, 6.07) is 13.6. The lowest BCUT2D eigenvalue weighted by Crippen LogP contribution is -2.41. The van der Waals surface area contributed by atoms with E-state index < -0.39 is 0 Å². The van der Waals surface area contributed by atoms with Crippen LogP contribution >= 0.6 is 11.6 Å². The lowest BCUT2D eigenvalue weighted by atomic mass is 10.1. The summed E-state index contributed by atoms with van der Waals surface area (Å²) < 4.78 is 22.0. The van der Waals surface area contributed by atoms with Gasteiger partial charge in [-0.15, -0.1) is 0 Å². The third kappa shape index (κ3) is 6.36. The molecule has 1 saturated heterocycles. The van der Waals surface area contributed by atoms with E-state index in [0.717, 1.165) is 55.5 Å². The Bertz CT molecular complexity index is 1180. The number of fused-ring (bicyclic) bond motifs is 1. The van der Waals surface area contributed by atoms with E-state index in [9.17, 15) is 4.79 Å². The fraction of sp³-hybridized carbons (Fsp3) is 0.385. The first kappa shape index (κ1) is 24.6. The van der Waals surface area contributed by atoms with Crippen molar-refractivity contribution in [1.82, 2.24) is 20.1 Å². The van der Waals surface area contributed by atoms with Gasteiger partial charge in [0.1, 0.15) is 6.26 Å². The molecular weight excluding hydrogens is 484 g/mol. The third-order valence-electron chi connectivity index (χ3n) is 6.16. The fourth-order valence-corrected chi connectivity index (χ4v) is 4.45. The van der Waals surface area contributed by atoms with Gasteiger partial charge in [0.15, 0.2) is 17.2 Å². The largest absolute Gasteiger partial charge is 0.454 e. The van der Waals surface area contributed by atoms with Gasteiger partial charge in [0.05, 0.1) is 19.8 Å². The molecule has 2 aromatic carbocycles. The SMILES string of the molecule is O=C(NCCN1CCOCC1)c1coc(CN(Cc2ccc3c(c2)OCO3)Cc2ccccc2Cl)n1. The van der Waals surface area contributed by atoms with E-state index in [-0.39, 0.29) is 18.4 Å². The predicted octanol–water partition coefficient (Wildman–Crippen LogP) is 3.32. The molecule has 10 heteroatoms. The quantitative estimate of drug-likeness (QED) is 0.442. The summed E-state index contributed by atoms with van der Waals surface area (Å²) in [5.41, 5.74) is 2.32. The number of rotatable bonds is 10. The maximum Gasteiger partial charge on any atom is 0.273 e. The average molecular weight is 513 g/mol. The molecule has 1 fully saturated rings. The van der Waals surface area contributed by atoms with Crippen LogP contribution in [0.3, 0.4) is 0 Å². The van der Waals surface area contributed by atoms with Crippen LogP contribution in [0, 0.1) is 0 Å². The van der Waals surface area contributed by atoms with Crippen molar-refractivity contribution in [2.45, 2.75) is 19.6 Å². The van der Waals surface area contributed by atoms with Gasteiger partial charge in [-0.3, -0.25) is 14.6 Å². The van der Waals surface area contributed by atoms with E-state index in [2.05, 4.69) is 20.1 Å². The molecule has 0 saturated carbocycles. The number of oxazole rings is 1. The summed E-state index contributed by atoms with van der Waals surface area (Å²) in [6.45, 7) is 6.38. The Morgan fingerprint density at radius 3 is 2.75 bits per heavy atom. The number of ether oxygens (including phenoxy) is 3. The van der Waals surface area contributed by atoms with Gasteiger partial charge in [-0.05, 0) is 29.3 Å². The maximum absolute atomic E-state index is 12.6. The molecule has 3 heterocycles. The molecule has 1 amide bonds. The second-order valence-electron chi connectivity index (χ2n) is 8.76. The van der Waals surface area contributed by atoms with Gasteiger partial charge in [0, 0.05) is 44.3 Å². The average Bonchev–Trinajstić information content (AvgIpc) is 3.55. The van der Waals surface area contributed by atoms with Crippen molar-refractivity contribution in [1.29, 1.82) is 0 Å². The van der Waals surface area contributed by atoms with Crippen LogP contribution in [0.15, 0.2) is 53.1 Å². The number of aromatic nitrogens is 1. The Morgan fingerprint density at radius 2 is 1.89 bits per heavy atom. The van der Waals surface area contributed by atoms with E-state index in [1.54, 1.807) is 0 Å². The Labute approximate surface area is 214 Å². The van der Waals surface area contributed by atoms with Gasteiger partial charge in [-0.25, -0.2) is 4.98 Å². The molecule has 3 aromatic rings. The molecule has 1 N–H and O–H groups in total. The second kappa shape index (κ2) is 11.7. The van der Waals surface area contributed by atoms with Crippen LogP contribution in [-0.4, -0.2) is 66.9 Å². The predicted molar refractivity (Wildman–Crippen MR) is 133 cm³/mol. The van der Waals surface area contributed by atoms with Crippen molar-refractivity contribution in [2.75, 3.05) is 46.2 Å². The van der Waals surface area contributed by atoms with Gasteiger partial charge in [0.25, 0.3) is 5.91 Å². The highest BCUT2D eigenvalue weighted by Crippen LogP contribution is 2.33. The van der Waals surface area contributed by atoms with Crippen molar-refractivity contribution in [3.05, 3.63) is 76.5 Å². The smallest absolute Gasteiger partial charge is 0.273 e. The molecular formula is C26H29ClN4O5. The summed E-state index contributed by atoms with van der Waals surface area (Å²) >= 11 is 6.44. The Kier molecular flexibility index (Phi) is 8.02. The molecule has 0 unspecified atom stereocenters. The topological polar surface area (TPSA) is 89.3 Å². The molecule has 0 radical (unpaired) electrons. The van der Waals surface area contributed by atoms with Crippen LogP contribution < -0.4 is 14.8 Å². The number of hydrogen-bond acceptors (Lipinski definition) is 8. The monoisotopic (exact) mass is 512 g/mol. The molecule has 2 aliphatic heterocycles. The third-order valence-corrected chi connectivity index (χ3v) is 6.52. The second-order valence-corrected chi connectivity index (χ2v) is 9.17. The van der Waals surface area contributed by atoms with Crippen molar-refractivity contribution in [3.63, 3.8) is 0 Å². The molecule has 1 aromatic heterocycles. The highest BCUT2D eigenvalue weighted by Gasteiger charge is 2.19. The number of amides is 1. The van der Waals surface area contributed by atoms with E-state index in [1.165, 1.54) is 6.26 Å². The van der Waals surface area contributed by atoms with E-state index in [4.69, 9.17) is 30.2 Å². The number of halogens is 1. The van der Waals surface area contributed by atoms with E-state index >= 15 is 0 Å². The standard InChI is InChI=1S/C26H29ClN4O5/c27-21-4-2-1-3-20(21)15-31(14-19-5-6-23-24(13-19)36-18-35-23)16-25-29-22(17-34-25)26(32)28-7-8-30-9-11-33-12-10-30/h1-6,13,17H,7-12,14-16,18H2,(H,28,32). The zero-order valence-electron chi connectivity index (χ0n) is 20.0. The molecule has 190 valence electrons. The first-order chi connectivity index (χ1) is 17.6. The van der Waals surface area contributed by atoms with Crippen molar-refractivity contribution < 1.29 is 23.4 Å². The Morgan fingerprint density at radius 1 is 1.06 bits per heavy atom. The minimum absolute atomic E-state index is 0.232. The lowest BCUT2D eigenvalue weighted by Gasteiger charge is -2.26. The van der Waals surface area contributed by atoms with E-state index in [0.29, 0.717) is 37.1 Å². The highest BCUT2D eigenvalue weighted by atomic mass is 35.5. The van der Waals surface area contributed by atoms with Gasteiger partial charge in [0.2, 0.25) is 12.7 Å². The van der Waals surface area contributed by atoms with Crippen molar-refractivity contribution >= 4 is 17.5 Å². The van der Waals surface area contributed by atoms with Crippen LogP contribution in [0.25, 0.3) is 0 Å². The summed E-state index contributed by atoms with van der Waals surface area (Å²) in [5, 5.41) is 3.62. The molecule has 9 nitrogen and oxygen atoms in total. The number of nitrogens with zero attached hydrogens (tertiary/aromatic N) is 3. The zero-order valence-corrected chi connectivity index (χ0v) is 20.7. The summed E-state index contributed by atoms with van der Waals surface area (Å²) in [5.74, 6) is 1.69. The highest BCUT2D eigenvalue weighted by molar-refractivity contribution is 6.31. The number of morpholine rings is 1. The normalized spacial score (nSPS) is 15.4. The maximum atomic E-state index is 12.6. The van der Waals surface area contributed by atoms with Crippen LogP contribution in [0.5, 0.6) is 11.5 Å². The number of benzene rings is 2. The van der Waals surface area contributed by atoms with Gasteiger partial charge in [-0.1, -0.05) is 35.9 Å². The Hall–Kier alpha value is -3.11. The van der Waals surface area contributed by atoms with Crippen molar-refractivity contribution in [2.24, 2.45) is 0 Å². The minimum Gasteiger partial charge on any atom is -0.454 e. The number of hydrogen-bond donors (Lipinski definition) is 1. The minimum atomic E-state index is -0.244. The van der Waals surface area contributed by atoms with E-state index in [1.807, 2.05) is 42.5 Å². The molecule has 2 aliphatic rings. The number of carbonyl (C=O) groups excluding carboxylic acids is 1. The molecule has 36 heavy (non-hydrogen) atoms. The summed E-state index contributed by atoms with van der Waals surface area (Å²) in [7, 11) is 0. The first-order valence-electron chi connectivity index (χ1n) is 12.0.